The smallest absolute Gasteiger partial charge is 0.0462 e. The highest BCUT2D eigenvalue weighted by molar-refractivity contribution is 6.31. The number of fused-ring (bicyclic) bond motifs is 2. The van der Waals surface area contributed by atoms with Gasteiger partial charge in [-0.15, -0.1) is 0 Å². The second kappa shape index (κ2) is 5.19. The summed E-state index contributed by atoms with van der Waals surface area (Å²) in [6.45, 7) is 2.19. The van der Waals surface area contributed by atoms with E-state index in [2.05, 4.69) is 66.5 Å². The molecule has 1 aromatic heterocycles. The molecule has 4 rings (SSSR count). The Bertz CT molecular complexity index is 982. The normalized spacial score (nSPS) is 11.4. The van der Waals surface area contributed by atoms with Crippen molar-refractivity contribution in [3.05, 3.63) is 71.4 Å². The van der Waals surface area contributed by atoms with Gasteiger partial charge in [0, 0.05) is 27.2 Å². The van der Waals surface area contributed by atoms with Gasteiger partial charge in [0.2, 0.25) is 0 Å². The predicted molar refractivity (Wildman–Crippen MR) is 95.6 cm³/mol. The Morgan fingerprint density at radius 1 is 0.909 bits per heavy atom. The highest BCUT2D eigenvalue weighted by atomic mass is 35.5. The van der Waals surface area contributed by atoms with Crippen LogP contribution in [0.2, 0.25) is 5.02 Å². The predicted octanol–water partition coefficient (Wildman–Crippen LogP) is 6.20. The lowest BCUT2D eigenvalue weighted by molar-refractivity contribution is 1.08. The molecule has 0 atom stereocenters. The molecule has 0 bridgehead atoms. The molecule has 4 aromatic rings. The van der Waals surface area contributed by atoms with Crippen molar-refractivity contribution in [2.75, 3.05) is 0 Å². The molecular formula is C20H16ClN. The van der Waals surface area contributed by atoms with E-state index in [1.807, 2.05) is 6.07 Å². The molecule has 0 unspecified atom stereocenters. The number of rotatable bonds is 2. The molecule has 0 radical (unpaired) electrons. The standard InChI is InChI=1S/C20H16ClN/c1-2-18-20(16-7-3-4-9-19(16)22-18)15-8-5-6-13-10-11-14(21)12-17(13)15/h3-12,22H,2H2,1H3. The maximum atomic E-state index is 6.24. The van der Waals surface area contributed by atoms with E-state index in [4.69, 9.17) is 11.6 Å². The Kier molecular flexibility index (Phi) is 3.16. The highest BCUT2D eigenvalue weighted by Gasteiger charge is 2.14. The van der Waals surface area contributed by atoms with Crippen molar-refractivity contribution >= 4 is 33.3 Å². The van der Waals surface area contributed by atoms with E-state index in [1.54, 1.807) is 0 Å². The zero-order valence-corrected chi connectivity index (χ0v) is 13.1. The van der Waals surface area contributed by atoms with Gasteiger partial charge in [0.15, 0.2) is 0 Å². The number of aromatic amines is 1. The molecule has 0 aliphatic heterocycles. The number of para-hydroxylation sites is 1. The first kappa shape index (κ1) is 13.4. The molecule has 0 saturated carbocycles. The van der Waals surface area contributed by atoms with Crippen LogP contribution in [0.5, 0.6) is 0 Å². The van der Waals surface area contributed by atoms with Gasteiger partial charge in [0.1, 0.15) is 0 Å². The van der Waals surface area contributed by atoms with Gasteiger partial charge < -0.3 is 4.98 Å². The third-order valence-electron chi connectivity index (χ3n) is 4.25. The third-order valence-corrected chi connectivity index (χ3v) is 4.49. The summed E-state index contributed by atoms with van der Waals surface area (Å²) in [6, 6.07) is 21.0. The first-order chi connectivity index (χ1) is 10.8. The van der Waals surface area contributed by atoms with Gasteiger partial charge in [-0.25, -0.2) is 0 Å². The van der Waals surface area contributed by atoms with Crippen molar-refractivity contribution in [2.24, 2.45) is 0 Å². The molecule has 2 heteroatoms. The van der Waals surface area contributed by atoms with Crippen LogP contribution in [0.4, 0.5) is 0 Å². The second-order valence-electron chi connectivity index (χ2n) is 5.55. The summed E-state index contributed by atoms with van der Waals surface area (Å²) >= 11 is 6.24. The lowest BCUT2D eigenvalue weighted by atomic mass is 9.95. The van der Waals surface area contributed by atoms with Gasteiger partial charge in [-0.1, -0.05) is 61.0 Å². The quantitative estimate of drug-likeness (QED) is 0.453. The fraction of sp³-hybridized carbons (Fsp3) is 0.100. The Balaban J connectivity index is 2.13. The van der Waals surface area contributed by atoms with Gasteiger partial charge in [-0.2, -0.15) is 0 Å². The van der Waals surface area contributed by atoms with Crippen molar-refractivity contribution < 1.29 is 0 Å². The summed E-state index contributed by atoms with van der Waals surface area (Å²) in [6.07, 6.45) is 0.973. The minimum atomic E-state index is 0.776. The van der Waals surface area contributed by atoms with Gasteiger partial charge in [-0.3, -0.25) is 0 Å². The van der Waals surface area contributed by atoms with Crippen LogP contribution in [0, 0.1) is 0 Å². The van der Waals surface area contributed by atoms with Crippen molar-refractivity contribution in [3.8, 4) is 11.1 Å². The lowest BCUT2D eigenvalue weighted by Crippen LogP contribution is -1.86. The topological polar surface area (TPSA) is 15.8 Å². The molecule has 0 aliphatic rings. The number of H-pyrrole nitrogens is 1. The molecule has 3 aromatic carbocycles. The van der Waals surface area contributed by atoms with Crippen molar-refractivity contribution in [2.45, 2.75) is 13.3 Å². The number of nitrogens with one attached hydrogen (secondary N) is 1. The van der Waals surface area contributed by atoms with Crippen molar-refractivity contribution in [3.63, 3.8) is 0 Å². The summed E-state index contributed by atoms with van der Waals surface area (Å²) in [5, 5.41) is 4.47. The van der Waals surface area contributed by atoms with Crippen molar-refractivity contribution in [1.82, 2.24) is 4.98 Å². The number of benzene rings is 3. The number of hydrogen-bond donors (Lipinski definition) is 1. The van der Waals surface area contributed by atoms with Crippen LogP contribution in [0.25, 0.3) is 32.8 Å². The van der Waals surface area contributed by atoms with Crippen LogP contribution in [-0.4, -0.2) is 4.98 Å². The minimum Gasteiger partial charge on any atom is -0.358 e. The Morgan fingerprint density at radius 2 is 1.77 bits per heavy atom. The van der Waals surface area contributed by atoms with Crippen LogP contribution < -0.4 is 0 Å². The van der Waals surface area contributed by atoms with Crippen LogP contribution in [-0.2, 0) is 6.42 Å². The first-order valence-corrected chi connectivity index (χ1v) is 7.94. The van der Waals surface area contributed by atoms with Gasteiger partial charge in [-0.05, 0) is 41.0 Å². The third kappa shape index (κ3) is 2.01. The molecule has 1 N–H and O–H groups in total. The van der Waals surface area contributed by atoms with Gasteiger partial charge in [0.25, 0.3) is 0 Å². The molecule has 22 heavy (non-hydrogen) atoms. The maximum absolute atomic E-state index is 6.24. The number of aryl methyl sites for hydroxylation is 1. The minimum absolute atomic E-state index is 0.776. The van der Waals surface area contributed by atoms with Crippen molar-refractivity contribution in [1.29, 1.82) is 0 Å². The van der Waals surface area contributed by atoms with E-state index in [9.17, 15) is 0 Å². The van der Waals surface area contributed by atoms with Gasteiger partial charge in [0.05, 0.1) is 0 Å². The molecule has 108 valence electrons. The van der Waals surface area contributed by atoms with E-state index in [0.717, 1.165) is 11.4 Å². The first-order valence-electron chi connectivity index (χ1n) is 7.56. The number of aromatic nitrogens is 1. The van der Waals surface area contributed by atoms with E-state index in [0.29, 0.717) is 0 Å². The maximum Gasteiger partial charge on any atom is 0.0462 e. The molecule has 0 amide bonds. The summed E-state index contributed by atoms with van der Waals surface area (Å²) < 4.78 is 0. The molecule has 0 spiro atoms. The molecular weight excluding hydrogens is 290 g/mol. The molecule has 0 aliphatic carbocycles. The Hall–Kier alpha value is -2.25. The molecule has 1 heterocycles. The summed E-state index contributed by atoms with van der Waals surface area (Å²) in [7, 11) is 0. The van der Waals surface area contributed by atoms with Gasteiger partial charge >= 0.3 is 0 Å². The fourth-order valence-corrected chi connectivity index (χ4v) is 3.41. The number of halogens is 1. The lowest BCUT2D eigenvalue weighted by Gasteiger charge is -2.09. The Morgan fingerprint density at radius 3 is 2.64 bits per heavy atom. The summed E-state index contributed by atoms with van der Waals surface area (Å²) in [5.74, 6) is 0. The zero-order chi connectivity index (χ0) is 15.1. The van der Waals surface area contributed by atoms with E-state index >= 15 is 0 Å². The number of hydrogen-bond acceptors (Lipinski definition) is 0. The van der Waals surface area contributed by atoms with Crippen LogP contribution in [0.3, 0.4) is 0 Å². The van der Waals surface area contributed by atoms with E-state index < -0.39 is 0 Å². The van der Waals surface area contributed by atoms with E-state index in [-0.39, 0.29) is 0 Å². The summed E-state index contributed by atoms with van der Waals surface area (Å²) in [5.41, 5.74) is 5.00. The largest absolute Gasteiger partial charge is 0.358 e. The molecule has 1 nitrogen and oxygen atoms in total. The summed E-state index contributed by atoms with van der Waals surface area (Å²) in [4.78, 5) is 3.56. The average molecular weight is 306 g/mol. The van der Waals surface area contributed by atoms with Crippen LogP contribution >= 0.6 is 11.6 Å². The van der Waals surface area contributed by atoms with Crippen LogP contribution in [0.1, 0.15) is 12.6 Å². The fourth-order valence-electron chi connectivity index (χ4n) is 3.23. The molecule has 0 fully saturated rings. The van der Waals surface area contributed by atoms with Crippen LogP contribution in [0.15, 0.2) is 60.7 Å². The monoisotopic (exact) mass is 305 g/mol. The average Bonchev–Trinajstić information content (AvgIpc) is 2.92. The second-order valence-corrected chi connectivity index (χ2v) is 5.99. The SMILES string of the molecule is CCc1[nH]c2ccccc2c1-c1cccc2ccc(Cl)cc12. The Labute approximate surface area is 134 Å². The zero-order valence-electron chi connectivity index (χ0n) is 12.4. The highest BCUT2D eigenvalue weighted by Crippen LogP contribution is 2.37. The molecule has 0 saturated heterocycles. The van der Waals surface area contributed by atoms with E-state index in [1.165, 1.54) is 38.5 Å².